The van der Waals surface area contributed by atoms with Gasteiger partial charge in [-0.25, -0.2) is 8.42 Å². The lowest BCUT2D eigenvalue weighted by molar-refractivity contribution is 0.610. The maximum atomic E-state index is 9.77. The van der Waals surface area contributed by atoms with Crippen LogP contribution in [0.1, 0.15) is 6.92 Å². The first-order valence-electron chi connectivity index (χ1n) is 1.48. The van der Waals surface area contributed by atoms with E-state index in [2.05, 4.69) is 10.7 Å². The van der Waals surface area contributed by atoms with Crippen molar-refractivity contribution in [1.82, 2.24) is 0 Å². The summed E-state index contributed by atoms with van der Waals surface area (Å²) >= 11 is 0. The van der Waals surface area contributed by atoms with Crippen LogP contribution in [0.2, 0.25) is 0 Å². The van der Waals surface area contributed by atoms with Crippen LogP contribution in [0.25, 0.3) is 0 Å². The highest BCUT2D eigenvalue weighted by molar-refractivity contribution is 8.13. The minimum atomic E-state index is -3.19. The van der Waals surface area contributed by atoms with E-state index in [1.807, 2.05) is 0 Å². The third-order valence-electron chi connectivity index (χ3n) is 0.345. The Hall–Kier alpha value is 0.305. The van der Waals surface area contributed by atoms with Crippen LogP contribution >= 0.6 is 10.7 Å². The Bertz CT molecular complexity index is 118. The Morgan fingerprint density at radius 2 is 1.71 bits per heavy atom. The molecule has 0 unspecified atom stereocenters. The van der Waals surface area contributed by atoms with Gasteiger partial charge in [0.05, 0.1) is 5.75 Å². The topological polar surface area (TPSA) is 34.1 Å². The first kappa shape index (κ1) is 10.3. The summed E-state index contributed by atoms with van der Waals surface area (Å²) in [4.78, 5) is 0. The number of hydrogen-bond acceptors (Lipinski definition) is 2. The summed E-state index contributed by atoms with van der Waals surface area (Å²) in [6.07, 6.45) is 0. The average molecular weight is 139 g/mol. The minimum Gasteiger partial charge on any atom is -0.212 e. The van der Waals surface area contributed by atoms with Gasteiger partial charge in [0.2, 0.25) is 9.05 Å². The molecule has 0 saturated carbocycles. The molecule has 0 aromatic rings. The number of hydrogen-bond donors (Lipinski definition) is 0. The Labute approximate surface area is 49.9 Å². The van der Waals surface area contributed by atoms with Crippen molar-refractivity contribution in [2.24, 2.45) is 0 Å². The maximum absolute atomic E-state index is 9.77. The van der Waals surface area contributed by atoms with Crippen molar-refractivity contribution in [3.05, 3.63) is 0 Å². The highest BCUT2D eigenvalue weighted by Gasteiger charge is 1.94. The van der Waals surface area contributed by atoms with Gasteiger partial charge >= 0.3 is 0 Å². The van der Waals surface area contributed by atoms with Crippen LogP contribution in [0.4, 0.5) is 0 Å². The van der Waals surface area contributed by atoms with Crippen molar-refractivity contribution in [2.45, 2.75) is 6.92 Å². The average Bonchev–Trinajstić information content (AvgIpc) is 1.35. The molecule has 41 valence electrons. The molecule has 0 amide bonds. The number of rotatable bonds is 1. The van der Waals surface area contributed by atoms with Crippen molar-refractivity contribution in [1.29, 1.82) is 0 Å². The quantitative estimate of drug-likeness (QED) is 0.384. The molecular weight excluding hydrogens is 134 g/mol. The van der Waals surface area contributed by atoms with Crippen LogP contribution in [0, 0.1) is 0 Å². The summed E-state index contributed by atoms with van der Waals surface area (Å²) in [5.41, 5.74) is 0. The van der Waals surface area contributed by atoms with Gasteiger partial charge in [-0.05, 0) is 0 Å². The van der Waals surface area contributed by atoms with Gasteiger partial charge in [-0.1, -0.05) is 6.92 Å². The largest absolute Gasteiger partial charge is 0.232 e. The summed E-state index contributed by atoms with van der Waals surface area (Å²) in [5, 5.41) is 0. The Kier molecular flexibility index (Phi) is 4.90. The molecule has 0 saturated heterocycles. The molecule has 0 aliphatic heterocycles. The van der Waals surface area contributed by atoms with Crippen molar-refractivity contribution in [3.63, 3.8) is 0 Å². The predicted octanol–water partition coefficient (Wildman–Crippen LogP) is 0.194. The van der Waals surface area contributed by atoms with Gasteiger partial charge < -0.3 is 0 Å². The molecule has 0 spiro atoms. The molecule has 0 aromatic carbocycles. The van der Waals surface area contributed by atoms with Gasteiger partial charge in [-0.2, -0.15) is 0 Å². The summed E-state index contributed by atoms with van der Waals surface area (Å²) in [7, 11) is 1.50. The molecule has 0 aromatic heterocycles. The van der Waals surface area contributed by atoms with Gasteiger partial charge in [0, 0.05) is 19.1 Å². The Balaban J connectivity index is 0. The zero-order chi connectivity index (χ0) is 5.21. The van der Waals surface area contributed by atoms with E-state index in [0.29, 0.717) is 0 Å². The van der Waals surface area contributed by atoms with Crippen LogP contribution < -0.4 is 0 Å². The second-order valence-corrected chi connectivity index (χ2v) is 3.89. The third kappa shape index (κ3) is 10.7. The first-order valence-corrected chi connectivity index (χ1v) is 3.96. The molecule has 0 fully saturated rings. The fourth-order valence-electron chi connectivity index (χ4n) is 0. The van der Waals surface area contributed by atoms with Crippen molar-refractivity contribution in [2.75, 3.05) is 5.75 Å². The summed E-state index contributed by atoms with van der Waals surface area (Å²) < 4.78 is 19.5. The highest BCUT2D eigenvalue weighted by Crippen LogP contribution is 1.91. The normalized spacial score (nSPS) is 10.0. The molecule has 0 heterocycles. The lowest BCUT2D eigenvalue weighted by atomic mass is 10.8. The van der Waals surface area contributed by atoms with Gasteiger partial charge in [-0.3, -0.25) is 0 Å². The molecule has 7 heavy (non-hydrogen) atoms. The molecule has 0 bridgehead atoms. The van der Waals surface area contributed by atoms with E-state index in [1.54, 1.807) is 0 Å². The zero-order valence-electron chi connectivity index (χ0n) is 3.89. The van der Waals surface area contributed by atoms with E-state index in [4.69, 9.17) is 0 Å². The first-order chi connectivity index (χ1) is 2.56. The summed E-state index contributed by atoms with van der Waals surface area (Å²) in [5.74, 6) is 0.00849. The van der Waals surface area contributed by atoms with E-state index in [-0.39, 0.29) is 14.2 Å². The maximum Gasteiger partial charge on any atom is 0.232 e. The van der Waals surface area contributed by atoms with Crippen molar-refractivity contribution >= 4 is 28.1 Å². The second-order valence-electron chi connectivity index (χ2n) is 0.828. The number of halogens is 1. The lowest BCUT2D eigenvalue weighted by Crippen LogP contribution is -1.88. The smallest absolute Gasteiger partial charge is 0.212 e. The highest BCUT2D eigenvalue weighted by atomic mass is 35.7. The standard InChI is InChI=1S/C2H5ClO2S.B/c1-2-6(3,4)5;/h2H2,1H3;. The van der Waals surface area contributed by atoms with Crippen LogP contribution in [-0.2, 0) is 9.05 Å². The van der Waals surface area contributed by atoms with E-state index in [0.717, 1.165) is 0 Å². The van der Waals surface area contributed by atoms with Crippen LogP contribution in [0.5, 0.6) is 0 Å². The molecule has 0 N–H and O–H groups in total. The summed E-state index contributed by atoms with van der Waals surface area (Å²) in [6, 6.07) is 0. The molecule has 5 heteroatoms. The molecular formula is C2H5BClO2S. The molecule has 0 rings (SSSR count). The minimum absolute atomic E-state index is 0. The van der Waals surface area contributed by atoms with E-state index in [9.17, 15) is 8.42 Å². The van der Waals surface area contributed by atoms with Crippen molar-refractivity contribution in [3.8, 4) is 0 Å². The molecule has 0 atom stereocenters. The molecule has 3 radical (unpaired) electrons. The van der Waals surface area contributed by atoms with Crippen LogP contribution in [0.15, 0.2) is 0 Å². The molecule has 0 aliphatic carbocycles. The van der Waals surface area contributed by atoms with Crippen LogP contribution in [0.3, 0.4) is 0 Å². The SMILES string of the molecule is CCS(=O)(=O)Cl.[B]. The van der Waals surface area contributed by atoms with Gasteiger partial charge in [0.15, 0.2) is 0 Å². The van der Waals surface area contributed by atoms with Crippen LogP contribution in [-0.4, -0.2) is 22.6 Å². The van der Waals surface area contributed by atoms with Gasteiger partial charge in [0.1, 0.15) is 0 Å². The van der Waals surface area contributed by atoms with E-state index in [1.165, 1.54) is 6.92 Å². The predicted molar refractivity (Wildman–Crippen MR) is 31.1 cm³/mol. The fourth-order valence-corrected chi connectivity index (χ4v) is 0. The monoisotopic (exact) mass is 139 g/mol. The second kappa shape index (κ2) is 3.33. The van der Waals surface area contributed by atoms with Gasteiger partial charge in [0.25, 0.3) is 0 Å². The van der Waals surface area contributed by atoms with Crippen molar-refractivity contribution < 1.29 is 8.42 Å². The fraction of sp³-hybridized carbons (Fsp3) is 1.00. The Morgan fingerprint density at radius 1 is 1.57 bits per heavy atom. The van der Waals surface area contributed by atoms with E-state index < -0.39 is 9.05 Å². The van der Waals surface area contributed by atoms with E-state index >= 15 is 0 Å². The molecule has 2 nitrogen and oxygen atoms in total. The Morgan fingerprint density at radius 3 is 1.71 bits per heavy atom. The van der Waals surface area contributed by atoms with Gasteiger partial charge in [-0.15, -0.1) is 0 Å². The third-order valence-corrected chi connectivity index (χ3v) is 1.69. The summed E-state index contributed by atoms with van der Waals surface area (Å²) in [6.45, 7) is 1.49. The molecule has 0 aliphatic rings. The lowest BCUT2D eigenvalue weighted by Gasteiger charge is -1.77. The zero-order valence-corrected chi connectivity index (χ0v) is 5.46.